The number of halogens is 1. The van der Waals surface area contributed by atoms with Gasteiger partial charge >= 0.3 is 0 Å². The molecule has 1 heterocycles. The lowest BCUT2D eigenvalue weighted by molar-refractivity contribution is 0.102. The fourth-order valence-corrected chi connectivity index (χ4v) is 1.33. The zero-order valence-electron chi connectivity index (χ0n) is 9.64. The SMILES string of the molecule is O=C(Nc1ccc(C#CCO)cc1F)c1cn[nH]n1. The second kappa shape index (κ2) is 5.75. The van der Waals surface area contributed by atoms with Crippen LogP contribution in [0.15, 0.2) is 24.4 Å². The Morgan fingerprint density at radius 3 is 3.00 bits per heavy atom. The molecule has 0 saturated carbocycles. The average molecular weight is 260 g/mol. The number of carbonyl (C=O) groups is 1. The maximum Gasteiger partial charge on any atom is 0.277 e. The number of aromatic amines is 1. The number of carbonyl (C=O) groups excluding carboxylic acids is 1. The Morgan fingerprint density at radius 2 is 2.37 bits per heavy atom. The summed E-state index contributed by atoms with van der Waals surface area (Å²) in [4.78, 5) is 11.6. The smallest absolute Gasteiger partial charge is 0.277 e. The van der Waals surface area contributed by atoms with Gasteiger partial charge in [0.2, 0.25) is 0 Å². The van der Waals surface area contributed by atoms with Gasteiger partial charge in [-0.1, -0.05) is 11.8 Å². The third-order valence-electron chi connectivity index (χ3n) is 2.18. The first-order chi connectivity index (χ1) is 9.20. The Labute approximate surface area is 107 Å². The lowest BCUT2D eigenvalue weighted by Crippen LogP contribution is -2.13. The molecule has 0 aliphatic heterocycles. The first-order valence-electron chi connectivity index (χ1n) is 5.27. The van der Waals surface area contributed by atoms with E-state index in [0.29, 0.717) is 5.56 Å². The third kappa shape index (κ3) is 3.14. The largest absolute Gasteiger partial charge is 0.384 e. The fraction of sp³-hybridized carbons (Fsp3) is 0.0833. The van der Waals surface area contributed by atoms with Crippen LogP contribution in [0.25, 0.3) is 0 Å². The van der Waals surface area contributed by atoms with Gasteiger partial charge in [-0.05, 0) is 18.2 Å². The van der Waals surface area contributed by atoms with E-state index in [4.69, 9.17) is 5.11 Å². The number of benzene rings is 1. The van der Waals surface area contributed by atoms with Crippen molar-refractivity contribution in [3.63, 3.8) is 0 Å². The number of aliphatic hydroxyl groups is 1. The molecule has 0 aliphatic rings. The quantitative estimate of drug-likeness (QED) is 0.687. The Bertz CT molecular complexity index is 643. The standard InChI is InChI=1S/C12H9FN4O2/c13-9-6-8(2-1-5-18)3-4-10(9)15-12(19)11-7-14-17-16-11/h3-4,6-7,18H,5H2,(H,15,19)(H,14,16,17). The minimum Gasteiger partial charge on any atom is -0.384 e. The Hall–Kier alpha value is -2.72. The number of H-pyrrole nitrogens is 1. The minimum absolute atomic E-state index is 0.0162. The van der Waals surface area contributed by atoms with Gasteiger partial charge in [0.15, 0.2) is 5.69 Å². The zero-order chi connectivity index (χ0) is 13.7. The predicted octanol–water partition coefficient (Wildman–Crippen LogP) is 0.540. The molecule has 1 aromatic heterocycles. The van der Waals surface area contributed by atoms with Gasteiger partial charge in [0.25, 0.3) is 5.91 Å². The molecule has 0 bridgehead atoms. The molecule has 1 aromatic carbocycles. The molecule has 2 aromatic rings. The maximum atomic E-state index is 13.7. The van der Waals surface area contributed by atoms with E-state index in [0.717, 1.165) is 0 Å². The van der Waals surface area contributed by atoms with Gasteiger partial charge in [0.05, 0.1) is 11.9 Å². The van der Waals surface area contributed by atoms with E-state index >= 15 is 0 Å². The summed E-state index contributed by atoms with van der Waals surface area (Å²) in [5.41, 5.74) is 0.483. The van der Waals surface area contributed by atoms with Crippen LogP contribution in [0.4, 0.5) is 10.1 Å². The number of amides is 1. The highest BCUT2D eigenvalue weighted by atomic mass is 19.1. The Balaban J connectivity index is 2.15. The average Bonchev–Trinajstić information content (AvgIpc) is 2.93. The Morgan fingerprint density at radius 1 is 1.53 bits per heavy atom. The number of anilines is 1. The highest BCUT2D eigenvalue weighted by Crippen LogP contribution is 2.16. The highest BCUT2D eigenvalue weighted by Gasteiger charge is 2.11. The summed E-state index contributed by atoms with van der Waals surface area (Å²) in [6.07, 6.45) is 1.23. The number of aliphatic hydroxyl groups excluding tert-OH is 1. The van der Waals surface area contributed by atoms with Crippen LogP contribution in [0.2, 0.25) is 0 Å². The van der Waals surface area contributed by atoms with Crippen molar-refractivity contribution in [2.45, 2.75) is 0 Å². The topological polar surface area (TPSA) is 90.9 Å². The van der Waals surface area contributed by atoms with Gasteiger partial charge in [-0.2, -0.15) is 15.4 Å². The van der Waals surface area contributed by atoms with Crippen LogP contribution in [-0.2, 0) is 0 Å². The van der Waals surface area contributed by atoms with E-state index in [1.54, 1.807) is 0 Å². The number of hydrogen-bond donors (Lipinski definition) is 3. The molecule has 0 fully saturated rings. The Kier molecular flexibility index (Phi) is 3.85. The molecule has 3 N–H and O–H groups in total. The minimum atomic E-state index is -0.624. The monoisotopic (exact) mass is 260 g/mol. The van der Waals surface area contributed by atoms with Crippen LogP contribution < -0.4 is 5.32 Å². The number of nitrogens with one attached hydrogen (secondary N) is 2. The first-order valence-corrected chi connectivity index (χ1v) is 5.27. The van der Waals surface area contributed by atoms with E-state index in [1.807, 2.05) is 0 Å². The second-order valence-electron chi connectivity index (χ2n) is 3.46. The summed E-state index contributed by atoms with van der Waals surface area (Å²) < 4.78 is 13.7. The fourth-order valence-electron chi connectivity index (χ4n) is 1.33. The molecule has 0 atom stereocenters. The van der Waals surface area contributed by atoms with Crippen molar-refractivity contribution in [2.24, 2.45) is 0 Å². The van der Waals surface area contributed by atoms with Crippen molar-refractivity contribution in [1.82, 2.24) is 15.4 Å². The van der Waals surface area contributed by atoms with Gasteiger partial charge in [0.1, 0.15) is 12.4 Å². The molecule has 1 amide bonds. The molecular formula is C12H9FN4O2. The molecule has 6 nitrogen and oxygen atoms in total. The van der Waals surface area contributed by atoms with Crippen LogP contribution in [0, 0.1) is 17.7 Å². The van der Waals surface area contributed by atoms with E-state index in [2.05, 4.69) is 32.6 Å². The normalized spacial score (nSPS) is 9.58. The highest BCUT2D eigenvalue weighted by molar-refractivity contribution is 6.02. The van der Waals surface area contributed by atoms with Crippen LogP contribution in [0.5, 0.6) is 0 Å². The maximum absolute atomic E-state index is 13.7. The van der Waals surface area contributed by atoms with Gasteiger partial charge in [-0.25, -0.2) is 4.39 Å². The lowest BCUT2D eigenvalue weighted by Gasteiger charge is -2.04. The molecule has 0 spiro atoms. The van der Waals surface area contributed by atoms with Crippen LogP contribution in [0.3, 0.4) is 0 Å². The van der Waals surface area contributed by atoms with Crippen LogP contribution in [0.1, 0.15) is 16.1 Å². The second-order valence-corrected chi connectivity index (χ2v) is 3.46. The van der Waals surface area contributed by atoms with Gasteiger partial charge in [-0.15, -0.1) is 0 Å². The van der Waals surface area contributed by atoms with Crippen molar-refractivity contribution >= 4 is 11.6 Å². The number of hydrogen-bond acceptors (Lipinski definition) is 4. The molecule has 96 valence electrons. The van der Waals surface area contributed by atoms with Crippen molar-refractivity contribution in [3.8, 4) is 11.8 Å². The molecule has 0 unspecified atom stereocenters. The van der Waals surface area contributed by atoms with Crippen molar-refractivity contribution in [1.29, 1.82) is 0 Å². The summed E-state index contributed by atoms with van der Waals surface area (Å²) in [6, 6.07) is 4.08. The number of aromatic nitrogens is 3. The number of nitrogens with zero attached hydrogens (tertiary/aromatic N) is 2. The van der Waals surface area contributed by atoms with Gasteiger partial charge in [0, 0.05) is 5.56 Å². The molecular weight excluding hydrogens is 251 g/mol. The van der Waals surface area contributed by atoms with Crippen molar-refractivity contribution in [3.05, 3.63) is 41.5 Å². The molecule has 19 heavy (non-hydrogen) atoms. The number of rotatable bonds is 2. The summed E-state index contributed by atoms with van der Waals surface area (Å²) in [6.45, 7) is -0.299. The molecule has 0 radical (unpaired) electrons. The summed E-state index contributed by atoms with van der Waals surface area (Å²) in [5, 5.41) is 20.2. The summed E-state index contributed by atoms with van der Waals surface area (Å²) in [5.74, 6) is 3.78. The zero-order valence-corrected chi connectivity index (χ0v) is 9.64. The van der Waals surface area contributed by atoms with Crippen LogP contribution >= 0.6 is 0 Å². The first kappa shape index (κ1) is 12.7. The van der Waals surface area contributed by atoms with E-state index < -0.39 is 11.7 Å². The molecule has 0 saturated heterocycles. The third-order valence-corrected chi connectivity index (χ3v) is 2.18. The van der Waals surface area contributed by atoms with E-state index in [1.165, 1.54) is 24.4 Å². The van der Waals surface area contributed by atoms with Gasteiger partial charge < -0.3 is 10.4 Å². The molecule has 2 rings (SSSR count). The van der Waals surface area contributed by atoms with Crippen molar-refractivity contribution < 1.29 is 14.3 Å². The predicted molar refractivity (Wildman–Crippen MR) is 64.7 cm³/mol. The molecule has 7 heteroatoms. The summed E-state index contributed by atoms with van der Waals surface area (Å²) in [7, 11) is 0. The molecule has 0 aliphatic carbocycles. The summed E-state index contributed by atoms with van der Waals surface area (Å²) >= 11 is 0. The van der Waals surface area contributed by atoms with Crippen LogP contribution in [-0.4, -0.2) is 33.0 Å². The van der Waals surface area contributed by atoms with Crippen molar-refractivity contribution in [2.75, 3.05) is 11.9 Å². The van der Waals surface area contributed by atoms with Gasteiger partial charge in [-0.3, -0.25) is 4.79 Å². The lowest BCUT2D eigenvalue weighted by atomic mass is 10.2. The van der Waals surface area contributed by atoms with E-state index in [-0.39, 0.29) is 18.0 Å². The van der Waals surface area contributed by atoms with E-state index in [9.17, 15) is 9.18 Å².